The minimum absolute atomic E-state index is 0.284. The van der Waals surface area contributed by atoms with Crippen LogP contribution in [-0.2, 0) is 5.54 Å². The van der Waals surface area contributed by atoms with Gasteiger partial charge in [0.1, 0.15) is 0 Å². The van der Waals surface area contributed by atoms with Gasteiger partial charge in [-0.3, -0.25) is 0 Å². The van der Waals surface area contributed by atoms with Gasteiger partial charge in [0.05, 0.1) is 0 Å². The Balaban J connectivity index is -0.000000250. The first kappa shape index (κ1) is 43.2. The molecule has 1 heteroatoms. The van der Waals surface area contributed by atoms with Crippen LogP contribution >= 0.6 is 0 Å². The van der Waals surface area contributed by atoms with E-state index in [1.807, 2.05) is 93.5 Å². The van der Waals surface area contributed by atoms with Crippen molar-refractivity contribution in [1.29, 1.82) is 0 Å². The molecule has 2 aromatic rings. The Morgan fingerprint density at radius 1 is 0.795 bits per heavy atom. The number of nitrogens with two attached hydrogens (primary N) is 1. The van der Waals surface area contributed by atoms with E-state index in [9.17, 15) is 0 Å². The molecule has 0 bridgehead atoms. The van der Waals surface area contributed by atoms with Crippen molar-refractivity contribution >= 4 is 10.8 Å². The highest BCUT2D eigenvalue weighted by Gasteiger charge is 2.17. The van der Waals surface area contributed by atoms with E-state index in [2.05, 4.69) is 83.0 Å². The van der Waals surface area contributed by atoms with Crippen LogP contribution in [0.5, 0.6) is 0 Å². The van der Waals surface area contributed by atoms with E-state index in [1.165, 1.54) is 33.9 Å². The first-order chi connectivity index (χ1) is 18.7. The predicted molar refractivity (Wildman–Crippen MR) is 187 cm³/mol. The van der Waals surface area contributed by atoms with Gasteiger partial charge in [0.2, 0.25) is 0 Å². The zero-order chi connectivity index (χ0) is 31.4. The Morgan fingerprint density at radius 2 is 1.28 bits per heavy atom. The van der Waals surface area contributed by atoms with E-state index in [4.69, 9.17) is 5.73 Å². The van der Waals surface area contributed by atoms with Gasteiger partial charge in [-0.2, -0.15) is 0 Å². The largest absolute Gasteiger partial charge is 0.322 e. The molecule has 2 rings (SSSR count). The van der Waals surface area contributed by atoms with Crippen LogP contribution in [0.25, 0.3) is 10.8 Å². The summed E-state index contributed by atoms with van der Waals surface area (Å²) in [6, 6.07) is 12.7. The Bertz CT molecular complexity index is 991. The molecular weight excluding hydrogens is 470 g/mol. The van der Waals surface area contributed by atoms with E-state index in [1.54, 1.807) is 6.08 Å². The van der Waals surface area contributed by atoms with Crippen LogP contribution in [-0.4, -0.2) is 0 Å². The smallest absolute Gasteiger partial charge is 0.0358 e. The van der Waals surface area contributed by atoms with Crippen molar-refractivity contribution in [1.82, 2.24) is 0 Å². The molecular formula is C38H63N. The van der Waals surface area contributed by atoms with E-state index in [0.717, 1.165) is 17.6 Å². The monoisotopic (exact) mass is 533 g/mol. The predicted octanol–water partition coefficient (Wildman–Crippen LogP) is 12.6. The summed E-state index contributed by atoms with van der Waals surface area (Å²) in [7, 11) is 0. The summed E-state index contributed by atoms with van der Waals surface area (Å²) < 4.78 is 0. The molecule has 0 radical (unpaired) electrons. The number of fused-ring (bicyclic) bond motifs is 1. The molecule has 0 heterocycles. The van der Waals surface area contributed by atoms with Crippen LogP contribution in [0.15, 0.2) is 109 Å². The van der Waals surface area contributed by atoms with Crippen molar-refractivity contribution in [3.63, 3.8) is 0 Å². The molecule has 0 aromatic heterocycles. The van der Waals surface area contributed by atoms with Gasteiger partial charge in [0, 0.05) is 5.54 Å². The molecule has 220 valence electrons. The summed E-state index contributed by atoms with van der Waals surface area (Å²) in [5.41, 5.74) is 12.0. The molecule has 39 heavy (non-hydrogen) atoms. The number of allylic oxidation sites excluding steroid dienone is 9. The zero-order valence-electron chi connectivity index (χ0n) is 28.0. The fraction of sp³-hybridized carbons (Fsp3) is 0.421. The standard InChI is InChI=1S/C16H22.C14H17N.4C2H6/c1-6-10-12-15(8-3)16(9-4)13-14(5)11-7-2;1-10-8-9-13(14(2,3)15)12-7-5-4-6-11(10)12;4*1-2/h6,8-10,12-13H,1,3-4,7,11H2,2,5H3;4-9H,15H2,1-3H3;4*1-2H3/b12-10+,14-13+,16-15-;;;;;. The van der Waals surface area contributed by atoms with Gasteiger partial charge in [-0.15, -0.1) is 0 Å². The fourth-order valence-electron chi connectivity index (χ4n) is 3.46. The summed E-state index contributed by atoms with van der Waals surface area (Å²) in [5.74, 6) is 0. The second-order valence-corrected chi connectivity index (χ2v) is 8.35. The summed E-state index contributed by atoms with van der Waals surface area (Å²) in [6.07, 6.45) is 13.8. The van der Waals surface area contributed by atoms with Crippen LogP contribution in [0.4, 0.5) is 0 Å². The van der Waals surface area contributed by atoms with E-state index < -0.39 is 0 Å². The van der Waals surface area contributed by atoms with Gasteiger partial charge in [0.25, 0.3) is 0 Å². The average molecular weight is 534 g/mol. The van der Waals surface area contributed by atoms with Gasteiger partial charge < -0.3 is 5.73 Å². The lowest BCUT2D eigenvalue weighted by atomic mass is 9.89. The van der Waals surface area contributed by atoms with Gasteiger partial charge in [-0.1, -0.05) is 167 Å². The molecule has 0 aliphatic heterocycles. The Kier molecular flexibility index (Phi) is 31.1. The van der Waals surface area contributed by atoms with Crippen molar-refractivity contribution < 1.29 is 0 Å². The highest BCUT2D eigenvalue weighted by atomic mass is 14.7. The lowest BCUT2D eigenvalue weighted by Gasteiger charge is -2.22. The third-order valence-corrected chi connectivity index (χ3v) is 5.07. The van der Waals surface area contributed by atoms with Gasteiger partial charge >= 0.3 is 0 Å². The quantitative estimate of drug-likeness (QED) is 0.335. The Morgan fingerprint density at radius 3 is 1.69 bits per heavy atom. The van der Waals surface area contributed by atoms with Gasteiger partial charge in [-0.05, 0) is 67.2 Å². The lowest BCUT2D eigenvalue weighted by molar-refractivity contribution is 0.559. The van der Waals surface area contributed by atoms with E-state index in [-0.39, 0.29) is 5.54 Å². The molecule has 1 nitrogen and oxygen atoms in total. The molecule has 0 saturated heterocycles. The summed E-state index contributed by atoms with van der Waals surface area (Å²) in [6.45, 7) is 37.9. The minimum Gasteiger partial charge on any atom is -0.322 e. The summed E-state index contributed by atoms with van der Waals surface area (Å²) >= 11 is 0. The maximum Gasteiger partial charge on any atom is 0.0358 e. The highest BCUT2D eigenvalue weighted by molar-refractivity contribution is 5.89. The first-order valence-electron chi connectivity index (χ1n) is 14.9. The van der Waals surface area contributed by atoms with Crippen LogP contribution in [0.3, 0.4) is 0 Å². The Hall–Kier alpha value is -2.90. The molecule has 0 aliphatic rings. The maximum absolute atomic E-state index is 6.17. The second-order valence-electron chi connectivity index (χ2n) is 8.35. The number of benzene rings is 2. The van der Waals surface area contributed by atoms with Crippen LogP contribution in [0.2, 0.25) is 0 Å². The molecule has 2 N–H and O–H groups in total. The maximum atomic E-state index is 6.17. The lowest BCUT2D eigenvalue weighted by Crippen LogP contribution is -2.28. The number of rotatable bonds is 8. The molecule has 0 fully saturated rings. The van der Waals surface area contributed by atoms with Crippen molar-refractivity contribution in [2.45, 2.75) is 108 Å². The molecule has 0 saturated carbocycles. The van der Waals surface area contributed by atoms with Gasteiger partial charge in [0.15, 0.2) is 0 Å². The van der Waals surface area contributed by atoms with Crippen molar-refractivity contribution in [3.05, 3.63) is 120 Å². The van der Waals surface area contributed by atoms with Crippen molar-refractivity contribution in [2.24, 2.45) is 5.73 Å². The van der Waals surface area contributed by atoms with Crippen LogP contribution < -0.4 is 5.73 Å². The van der Waals surface area contributed by atoms with Crippen LogP contribution in [0, 0.1) is 6.92 Å². The van der Waals surface area contributed by atoms with Crippen LogP contribution in [0.1, 0.15) is 107 Å². The first-order valence-corrected chi connectivity index (χ1v) is 14.9. The third-order valence-electron chi connectivity index (χ3n) is 5.07. The van der Waals surface area contributed by atoms with E-state index in [0.29, 0.717) is 0 Å². The van der Waals surface area contributed by atoms with E-state index >= 15 is 0 Å². The normalized spacial score (nSPS) is 10.8. The number of hydrogen-bond acceptors (Lipinski definition) is 1. The Labute approximate surface area is 245 Å². The van der Waals surface area contributed by atoms with Crippen molar-refractivity contribution in [2.75, 3.05) is 0 Å². The average Bonchev–Trinajstić information content (AvgIpc) is 2.97. The summed E-state index contributed by atoms with van der Waals surface area (Å²) in [5, 5.41) is 2.57. The molecule has 0 unspecified atom stereocenters. The second kappa shape index (κ2) is 28.1. The molecule has 2 aromatic carbocycles. The highest BCUT2D eigenvalue weighted by Crippen LogP contribution is 2.28. The molecule has 0 atom stereocenters. The SMILES string of the molecule is C=C/C=C/C(C=C)=C(C=C)\C=C(/C)CCC.CC.CC.CC.CC.Cc1ccc(C(C)(C)N)c2ccccc12. The summed E-state index contributed by atoms with van der Waals surface area (Å²) in [4.78, 5) is 0. The van der Waals surface area contributed by atoms with Crippen molar-refractivity contribution in [3.8, 4) is 0 Å². The fourth-order valence-corrected chi connectivity index (χ4v) is 3.46. The topological polar surface area (TPSA) is 26.0 Å². The van der Waals surface area contributed by atoms with Gasteiger partial charge in [-0.25, -0.2) is 0 Å². The molecule has 0 spiro atoms. The molecule has 0 aliphatic carbocycles. The minimum atomic E-state index is -0.284. The third kappa shape index (κ3) is 18.1. The molecule has 0 amide bonds. The zero-order valence-corrected chi connectivity index (χ0v) is 28.0. The number of aryl methyl sites for hydroxylation is 1. The number of hydrogen-bond donors (Lipinski definition) is 1.